The van der Waals surface area contributed by atoms with Gasteiger partial charge in [0, 0.05) is 6.61 Å². The number of benzene rings is 1. The molecule has 169 valence electrons. The number of unbranched alkanes of at least 4 members (excludes halogenated alkanes) is 9. The van der Waals surface area contributed by atoms with Crippen LogP contribution in [0.2, 0.25) is 0 Å². The molecule has 1 heterocycles. The number of carbonyl (C=O) groups is 1. The molecule has 0 spiro atoms. The maximum atomic E-state index is 13.2. The molecule has 0 aliphatic carbocycles. The number of aromatic carboxylic acids is 1. The molecular formula is C25H40NO4. The number of hydroxylamine groups is 2. The van der Waals surface area contributed by atoms with Crippen molar-refractivity contribution in [3.8, 4) is 0 Å². The summed E-state index contributed by atoms with van der Waals surface area (Å²) in [6.45, 7) is 6.66. The van der Waals surface area contributed by atoms with Crippen LogP contribution < -0.4 is 0 Å². The molecule has 2 rings (SSSR count). The molecule has 1 saturated heterocycles. The van der Waals surface area contributed by atoms with Gasteiger partial charge in [-0.05, 0) is 50.8 Å². The van der Waals surface area contributed by atoms with Crippen molar-refractivity contribution in [2.75, 3.05) is 6.61 Å². The fourth-order valence-corrected chi connectivity index (χ4v) is 4.45. The summed E-state index contributed by atoms with van der Waals surface area (Å²) in [5.41, 5.74) is -0.435. The quantitative estimate of drug-likeness (QED) is 0.341. The average molecular weight is 419 g/mol. The van der Waals surface area contributed by atoms with E-state index in [4.69, 9.17) is 9.84 Å². The average Bonchev–Trinajstić information content (AvgIpc) is 2.97. The Morgan fingerprint density at radius 1 is 0.933 bits per heavy atom. The van der Waals surface area contributed by atoms with E-state index in [1.807, 2.05) is 13.8 Å². The van der Waals surface area contributed by atoms with Gasteiger partial charge in [-0.15, -0.1) is 10.3 Å². The number of rotatable bonds is 14. The SMILES string of the molecule is CCCCCCCCCCCCO[C@]1(C)CC[C@@](C)(c2ccc(C(=O)O)cc2)N1[O]. The first kappa shape index (κ1) is 24.8. The Bertz CT molecular complexity index is 647. The van der Waals surface area contributed by atoms with Gasteiger partial charge in [0.2, 0.25) is 0 Å². The fraction of sp³-hybridized carbons (Fsp3) is 0.720. The van der Waals surface area contributed by atoms with E-state index in [-0.39, 0.29) is 5.56 Å². The van der Waals surface area contributed by atoms with E-state index in [2.05, 4.69) is 6.92 Å². The lowest BCUT2D eigenvalue weighted by atomic mass is 9.90. The van der Waals surface area contributed by atoms with E-state index in [1.165, 1.54) is 51.4 Å². The van der Waals surface area contributed by atoms with Crippen molar-refractivity contribution in [1.82, 2.24) is 5.06 Å². The van der Waals surface area contributed by atoms with Crippen molar-refractivity contribution in [2.45, 2.75) is 109 Å². The molecule has 5 heteroatoms. The first-order valence-electron chi connectivity index (χ1n) is 11.8. The second kappa shape index (κ2) is 11.8. The third-order valence-corrected chi connectivity index (χ3v) is 6.62. The summed E-state index contributed by atoms with van der Waals surface area (Å²) in [4.78, 5) is 11.1. The minimum atomic E-state index is -0.957. The molecule has 1 N–H and O–H groups in total. The summed E-state index contributed by atoms with van der Waals surface area (Å²) in [5, 5.41) is 23.3. The lowest BCUT2D eigenvalue weighted by Gasteiger charge is -2.37. The van der Waals surface area contributed by atoms with Gasteiger partial charge < -0.3 is 9.84 Å². The van der Waals surface area contributed by atoms with Crippen molar-refractivity contribution >= 4 is 5.97 Å². The number of hydrogen-bond donors (Lipinski definition) is 1. The maximum absolute atomic E-state index is 13.2. The van der Waals surface area contributed by atoms with Crippen LogP contribution in [-0.4, -0.2) is 28.5 Å². The van der Waals surface area contributed by atoms with Gasteiger partial charge in [-0.2, -0.15) is 0 Å². The highest BCUT2D eigenvalue weighted by Gasteiger charge is 2.52. The van der Waals surface area contributed by atoms with Gasteiger partial charge in [-0.1, -0.05) is 76.8 Å². The summed E-state index contributed by atoms with van der Waals surface area (Å²) in [6, 6.07) is 6.64. The van der Waals surface area contributed by atoms with Gasteiger partial charge in [-0.3, -0.25) is 0 Å². The van der Waals surface area contributed by atoms with Gasteiger partial charge in [0.1, 0.15) is 5.72 Å². The summed E-state index contributed by atoms with van der Waals surface area (Å²) < 4.78 is 6.07. The van der Waals surface area contributed by atoms with E-state index < -0.39 is 17.2 Å². The predicted octanol–water partition coefficient (Wildman–Crippen LogP) is 6.70. The molecule has 1 fully saturated rings. The molecule has 5 nitrogen and oxygen atoms in total. The van der Waals surface area contributed by atoms with Crippen LogP contribution in [0.15, 0.2) is 24.3 Å². The van der Waals surface area contributed by atoms with Gasteiger partial charge in [0.05, 0.1) is 11.1 Å². The van der Waals surface area contributed by atoms with Gasteiger partial charge in [-0.25, -0.2) is 4.79 Å². The van der Waals surface area contributed by atoms with Crippen molar-refractivity contribution in [2.24, 2.45) is 0 Å². The zero-order valence-electron chi connectivity index (χ0n) is 19.1. The van der Waals surface area contributed by atoms with Crippen LogP contribution in [-0.2, 0) is 15.5 Å². The van der Waals surface area contributed by atoms with Crippen molar-refractivity contribution in [3.05, 3.63) is 35.4 Å². The van der Waals surface area contributed by atoms with Crippen LogP contribution in [0.5, 0.6) is 0 Å². The molecule has 1 aliphatic rings. The second-order valence-corrected chi connectivity index (χ2v) is 9.16. The fourth-order valence-electron chi connectivity index (χ4n) is 4.45. The maximum Gasteiger partial charge on any atom is 0.335 e. The summed E-state index contributed by atoms with van der Waals surface area (Å²) >= 11 is 0. The van der Waals surface area contributed by atoms with Gasteiger partial charge in [0.15, 0.2) is 0 Å². The number of ether oxygens (including phenoxy) is 1. The lowest BCUT2D eigenvalue weighted by molar-refractivity contribution is -0.327. The third-order valence-electron chi connectivity index (χ3n) is 6.62. The van der Waals surface area contributed by atoms with Crippen molar-refractivity contribution < 1.29 is 19.8 Å². The topological polar surface area (TPSA) is 69.7 Å². The highest BCUT2D eigenvalue weighted by molar-refractivity contribution is 5.87. The Balaban J connectivity index is 1.71. The molecular weight excluding hydrogens is 378 g/mol. The Kier molecular flexibility index (Phi) is 9.79. The van der Waals surface area contributed by atoms with Crippen LogP contribution in [0, 0.1) is 0 Å². The molecule has 0 amide bonds. The molecule has 1 aliphatic heterocycles. The number of carboxylic acids is 1. The van der Waals surface area contributed by atoms with Crippen LogP contribution in [0.1, 0.15) is 114 Å². The highest BCUT2D eigenvalue weighted by atomic mass is 16.6. The second-order valence-electron chi connectivity index (χ2n) is 9.16. The largest absolute Gasteiger partial charge is 0.478 e. The monoisotopic (exact) mass is 418 g/mol. The van der Waals surface area contributed by atoms with Crippen molar-refractivity contribution in [3.63, 3.8) is 0 Å². The molecule has 1 aromatic rings. The molecule has 1 aromatic carbocycles. The minimum Gasteiger partial charge on any atom is -0.478 e. The zero-order chi connectivity index (χ0) is 22.0. The zero-order valence-corrected chi connectivity index (χ0v) is 19.1. The number of nitrogens with zero attached hydrogens (tertiary/aromatic N) is 1. The number of carboxylic acid groups (broad SMARTS) is 1. The molecule has 0 unspecified atom stereocenters. The molecule has 0 aromatic heterocycles. The molecule has 2 atom stereocenters. The van der Waals surface area contributed by atoms with Gasteiger partial charge in [0.25, 0.3) is 0 Å². The standard InChI is InChI=1S/C25H40NO4/c1-4-5-6-7-8-9-10-11-12-13-20-30-25(3)19-18-24(2,26(25)29)22-16-14-21(15-17-22)23(27)28/h14-17H,4-13,18-20H2,1-3H3,(H,27,28)/t24-,25+/m0/s1. The Labute approximate surface area is 182 Å². The molecule has 0 saturated carbocycles. The lowest BCUT2D eigenvalue weighted by Crippen LogP contribution is -2.48. The number of hydrogen-bond acceptors (Lipinski definition) is 3. The van der Waals surface area contributed by atoms with E-state index >= 15 is 0 Å². The Morgan fingerprint density at radius 2 is 1.47 bits per heavy atom. The van der Waals surface area contributed by atoms with Crippen LogP contribution in [0.3, 0.4) is 0 Å². The Hall–Kier alpha value is -1.43. The summed E-state index contributed by atoms with van der Waals surface area (Å²) in [7, 11) is 0. The van der Waals surface area contributed by atoms with E-state index in [0.29, 0.717) is 19.4 Å². The summed E-state index contributed by atoms with van der Waals surface area (Å²) in [6.07, 6.45) is 14.1. The minimum absolute atomic E-state index is 0.234. The third kappa shape index (κ3) is 6.53. The van der Waals surface area contributed by atoms with Crippen LogP contribution >= 0.6 is 0 Å². The smallest absolute Gasteiger partial charge is 0.335 e. The normalized spacial score (nSPS) is 24.4. The first-order valence-corrected chi connectivity index (χ1v) is 11.8. The Morgan fingerprint density at radius 3 is 2.00 bits per heavy atom. The van der Waals surface area contributed by atoms with E-state index in [0.717, 1.165) is 23.5 Å². The van der Waals surface area contributed by atoms with E-state index in [9.17, 15) is 10.0 Å². The van der Waals surface area contributed by atoms with Crippen molar-refractivity contribution in [1.29, 1.82) is 0 Å². The van der Waals surface area contributed by atoms with Crippen LogP contribution in [0.25, 0.3) is 0 Å². The van der Waals surface area contributed by atoms with Crippen LogP contribution in [0.4, 0.5) is 0 Å². The molecule has 0 bridgehead atoms. The summed E-state index contributed by atoms with van der Waals surface area (Å²) in [5.74, 6) is -0.957. The predicted molar refractivity (Wildman–Crippen MR) is 119 cm³/mol. The van der Waals surface area contributed by atoms with Gasteiger partial charge >= 0.3 is 5.97 Å². The highest BCUT2D eigenvalue weighted by Crippen LogP contribution is 2.46. The first-order chi connectivity index (χ1) is 14.3. The molecule has 1 radical (unpaired) electrons. The molecule has 30 heavy (non-hydrogen) atoms. The van der Waals surface area contributed by atoms with E-state index in [1.54, 1.807) is 24.3 Å².